The number of alkyl halides is 3. The van der Waals surface area contributed by atoms with Crippen LogP contribution in [0.15, 0.2) is 0 Å². The molecular formula is C9H12F3NO3. The van der Waals surface area contributed by atoms with Crippen molar-refractivity contribution in [2.75, 3.05) is 6.54 Å². The lowest BCUT2D eigenvalue weighted by Crippen LogP contribution is -2.40. The number of carboxylic acids is 1. The van der Waals surface area contributed by atoms with Crippen molar-refractivity contribution in [2.45, 2.75) is 25.4 Å². The number of hydrogen-bond acceptors (Lipinski definition) is 2. The number of rotatable bonds is 3. The normalized spacial score (nSPS) is 25.4. The number of hydrogen-bond donors (Lipinski definition) is 2. The molecular weight excluding hydrogens is 227 g/mol. The van der Waals surface area contributed by atoms with E-state index in [-0.39, 0.29) is 6.54 Å². The average Bonchev–Trinajstić information content (AvgIpc) is 2.60. The SMILES string of the molecule is O=C(O)[C@H]1CCC[C@H]1CNC(=O)C(F)(F)F. The van der Waals surface area contributed by atoms with Gasteiger partial charge in [-0.3, -0.25) is 9.59 Å². The van der Waals surface area contributed by atoms with Gasteiger partial charge in [0.05, 0.1) is 5.92 Å². The molecule has 1 rings (SSSR count). The Hall–Kier alpha value is -1.27. The third kappa shape index (κ3) is 3.11. The number of carbonyl (C=O) groups is 2. The number of carboxylic acid groups (broad SMARTS) is 1. The van der Waals surface area contributed by atoms with E-state index in [2.05, 4.69) is 0 Å². The molecule has 1 aliphatic rings. The van der Waals surface area contributed by atoms with Crippen LogP contribution in [0.3, 0.4) is 0 Å². The van der Waals surface area contributed by atoms with E-state index in [9.17, 15) is 22.8 Å². The zero-order valence-corrected chi connectivity index (χ0v) is 8.38. The Morgan fingerprint density at radius 3 is 2.44 bits per heavy atom. The molecule has 0 spiro atoms. The topological polar surface area (TPSA) is 66.4 Å². The van der Waals surface area contributed by atoms with Gasteiger partial charge >= 0.3 is 18.1 Å². The second-order valence-corrected chi connectivity index (χ2v) is 3.84. The molecule has 1 fully saturated rings. The number of aliphatic carboxylic acids is 1. The highest BCUT2D eigenvalue weighted by Crippen LogP contribution is 2.31. The van der Waals surface area contributed by atoms with Crippen LogP contribution < -0.4 is 5.32 Å². The predicted octanol–water partition coefficient (Wildman–Crippen LogP) is 1.17. The summed E-state index contributed by atoms with van der Waals surface area (Å²) in [7, 11) is 0. The highest BCUT2D eigenvalue weighted by Gasteiger charge is 2.40. The van der Waals surface area contributed by atoms with E-state index in [1.165, 1.54) is 0 Å². The number of nitrogens with one attached hydrogen (secondary N) is 1. The molecule has 0 aromatic carbocycles. The first-order chi connectivity index (χ1) is 7.32. The van der Waals surface area contributed by atoms with Gasteiger partial charge < -0.3 is 10.4 Å². The summed E-state index contributed by atoms with van der Waals surface area (Å²) in [5.74, 6) is -4.07. The molecule has 1 aliphatic carbocycles. The van der Waals surface area contributed by atoms with Crippen LogP contribution in [0.4, 0.5) is 13.2 Å². The first kappa shape index (κ1) is 12.8. The lowest BCUT2D eigenvalue weighted by Gasteiger charge is -2.16. The molecule has 1 saturated carbocycles. The van der Waals surface area contributed by atoms with E-state index in [0.717, 1.165) is 0 Å². The summed E-state index contributed by atoms with van der Waals surface area (Å²) in [5, 5.41) is 10.5. The van der Waals surface area contributed by atoms with Crippen LogP contribution in [0.25, 0.3) is 0 Å². The van der Waals surface area contributed by atoms with E-state index in [1.807, 2.05) is 0 Å². The van der Waals surface area contributed by atoms with E-state index >= 15 is 0 Å². The first-order valence-electron chi connectivity index (χ1n) is 4.90. The smallest absolute Gasteiger partial charge is 0.471 e. The Morgan fingerprint density at radius 1 is 1.31 bits per heavy atom. The number of carbonyl (C=O) groups excluding carboxylic acids is 1. The molecule has 2 N–H and O–H groups in total. The monoisotopic (exact) mass is 239 g/mol. The van der Waals surface area contributed by atoms with Gasteiger partial charge in [0.15, 0.2) is 0 Å². The van der Waals surface area contributed by atoms with E-state index in [0.29, 0.717) is 19.3 Å². The van der Waals surface area contributed by atoms with Gasteiger partial charge in [-0.05, 0) is 18.8 Å². The summed E-state index contributed by atoms with van der Waals surface area (Å²) in [6.07, 6.45) is -3.24. The van der Waals surface area contributed by atoms with E-state index in [4.69, 9.17) is 5.11 Å². The zero-order valence-electron chi connectivity index (χ0n) is 8.38. The second kappa shape index (κ2) is 4.71. The standard InChI is InChI=1S/C9H12F3NO3/c10-9(11,12)8(16)13-4-5-2-1-3-6(5)7(14)15/h5-6H,1-4H2,(H,13,16)(H,14,15)/t5-,6-/m0/s1. The Labute approximate surface area is 89.8 Å². The van der Waals surface area contributed by atoms with Crippen molar-refractivity contribution in [3.63, 3.8) is 0 Å². The highest BCUT2D eigenvalue weighted by molar-refractivity contribution is 5.81. The van der Waals surface area contributed by atoms with Crippen LogP contribution >= 0.6 is 0 Å². The molecule has 0 radical (unpaired) electrons. The first-order valence-corrected chi connectivity index (χ1v) is 4.90. The van der Waals surface area contributed by atoms with Gasteiger partial charge in [-0.2, -0.15) is 13.2 Å². The van der Waals surface area contributed by atoms with Crippen LogP contribution in [0.1, 0.15) is 19.3 Å². The molecule has 7 heteroatoms. The van der Waals surface area contributed by atoms with E-state index < -0.39 is 29.9 Å². The summed E-state index contributed by atoms with van der Waals surface area (Å²) in [6, 6.07) is 0. The molecule has 16 heavy (non-hydrogen) atoms. The van der Waals surface area contributed by atoms with Crippen molar-refractivity contribution in [1.82, 2.24) is 5.32 Å². The summed E-state index contributed by atoms with van der Waals surface area (Å²) in [5.41, 5.74) is 0. The number of amides is 1. The second-order valence-electron chi connectivity index (χ2n) is 3.84. The van der Waals surface area contributed by atoms with Crippen LogP contribution in [0, 0.1) is 11.8 Å². The number of halogens is 3. The molecule has 0 aromatic rings. The lowest BCUT2D eigenvalue weighted by molar-refractivity contribution is -0.173. The van der Waals surface area contributed by atoms with Gasteiger partial charge in [-0.1, -0.05) is 6.42 Å². The molecule has 0 heterocycles. The predicted molar refractivity (Wildman–Crippen MR) is 47.5 cm³/mol. The molecule has 0 bridgehead atoms. The zero-order chi connectivity index (χ0) is 12.3. The van der Waals surface area contributed by atoms with Gasteiger partial charge in [-0.25, -0.2) is 0 Å². The van der Waals surface area contributed by atoms with Crippen molar-refractivity contribution in [2.24, 2.45) is 11.8 Å². The fraction of sp³-hybridized carbons (Fsp3) is 0.778. The lowest BCUT2D eigenvalue weighted by atomic mass is 9.96. The molecule has 2 atom stereocenters. The maximum Gasteiger partial charge on any atom is 0.471 e. The molecule has 4 nitrogen and oxygen atoms in total. The van der Waals surface area contributed by atoms with Crippen LogP contribution in [-0.4, -0.2) is 29.7 Å². The summed E-state index contributed by atoms with van der Waals surface area (Å²) in [4.78, 5) is 21.2. The van der Waals surface area contributed by atoms with Crippen LogP contribution in [0.5, 0.6) is 0 Å². The van der Waals surface area contributed by atoms with Gasteiger partial charge in [0.25, 0.3) is 0 Å². The van der Waals surface area contributed by atoms with Crippen LogP contribution in [-0.2, 0) is 9.59 Å². The maximum atomic E-state index is 11.9. The largest absolute Gasteiger partial charge is 0.481 e. The quantitative estimate of drug-likeness (QED) is 0.776. The molecule has 0 unspecified atom stereocenters. The Balaban J connectivity index is 2.43. The molecule has 1 amide bonds. The minimum atomic E-state index is -4.91. The third-order valence-corrected chi connectivity index (χ3v) is 2.76. The van der Waals surface area contributed by atoms with Gasteiger partial charge in [-0.15, -0.1) is 0 Å². The Bertz CT molecular complexity index is 290. The Kier molecular flexibility index (Phi) is 3.77. The summed E-state index contributed by atoms with van der Waals surface area (Å²) >= 11 is 0. The van der Waals surface area contributed by atoms with Gasteiger partial charge in [0, 0.05) is 6.54 Å². The fourth-order valence-electron chi connectivity index (χ4n) is 1.93. The molecule has 0 aromatic heterocycles. The summed E-state index contributed by atoms with van der Waals surface area (Å²) in [6.45, 7) is -0.227. The van der Waals surface area contributed by atoms with Crippen molar-refractivity contribution < 1.29 is 27.9 Å². The highest BCUT2D eigenvalue weighted by atomic mass is 19.4. The average molecular weight is 239 g/mol. The van der Waals surface area contributed by atoms with Crippen molar-refractivity contribution >= 4 is 11.9 Å². The van der Waals surface area contributed by atoms with Crippen molar-refractivity contribution in [1.29, 1.82) is 0 Å². The fourth-order valence-corrected chi connectivity index (χ4v) is 1.93. The molecule has 0 saturated heterocycles. The van der Waals surface area contributed by atoms with Gasteiger partial charge in [0.2, 0.25) is 0 Å². The Morgan fingerprint density at radius 2 is 1.94 bits per heavy atom. The third-order valence-electron chi connectivity index (χ3n) is 2.76. The van der Waals surface area contributed by atoms with Gasteiger partial charge in [0.1, 0.15) is 0 Å². The molecule has 92 valence electrons. The van der Waals surface area contributed by atoms with E-state index in [1.54, 1.807) is 5.32 Å². The van der Waals surface area contributed by atoms with Crippen molar-refractivity contribution in [3.8, 4) is 0 Å². The minimum Gasteiger partial charge on any atom is -0.481 e. The van der Waals surface area contributed by atoms with Crippen molar-refractivity contribution in [3.05, 3.63) is 0 Å². The van der Waals surface area contributed by atoms with Crippen LogP contribution in [0.2, 0.25) is 0 Å². The maximum absolute atomic E-state index is 11.9. The minimum absolute atomic E-state index is 0.227. The summed E-state index contributed by atoms with van der Waals surface area (Å²) < 4.78 is 35.6. The molecule has 0 aliphatic heterocycles.